The molecule has 0 saturated heterocycles. The minimum atomic E-state index is -0.572. The molecular weight excluding hydrogens is 330 g/mol. The second-order valence-corrected chi connectivity index (χ2v) is 6.18. The second kappa shape index (κ2) is 9.46. The smallest absolute Gasteiger partial charge is 0.312 e. The molecule has 0 aliphatic heterocycles. The van der Waals surface area contributed by atoms with Crippen LogP contribution in [0.4, 0.5) is 4.79 Å². The van der Waals surface area contributed by atoms with Crippen LogP contribution in [0.1, 0.15) is 34.8 Å². The van der Waals surface area contributed by atoms with Gasteiger partial charge in [0.1, 0.15) is 5.75 Å². The fourth-order valence-corrected chi connectivity index (χ4v) is 2.52. The lowest BCUT2D eigenvalue weighted by molar-refractivity contribution is 0.0938. The summed E-state index contributed by atoms with van der Waals surface area (Å²) in [6.45, 7) is 2.34. The summed E-state index contributed by atoms with van der Waals surface area (Å²) in [7, 11) is 1.65. The van der Waals surface area contributed by atoms with E-state index in [1.54, 1.807) is 31.4 Å². The number of rotatable bonds is 8. The highest BCUT2D eigenvalue weighted by molar-refractivity contribution is 5.94. The van der Waals surface area contributed by atoms with Gasteiger partial charge in [0.25, 0.3) is 5.91 Å². The summed E-state index contributed by atoms with van der Waals surface area (Å²) in [5.41, 5.74) is 7.71. The molecule has 0 aliphatic carbocycles. The van der Waals surface area contributed by atoms with Crippen molar-refractivity contribution >= 4 is 11.9 Å². The predicted octanol–water partition coefficient (Wildman–Crippen LogP) is 2.61. The fourth-order valence-electron chi connectivity index (χ4n) is 2.52. The monoisotopic (exact) mass is 355 g/mol. The number of carbonyl (C=O) groups is 2. The number of methoxy groups -OCH3 is 1. The molecule has 6 nitrogen and oxygen atoms in total. The molecule has 2 aromatic rings. The van der Waals surface area contributed by atoms with E-state index in [9.17, 15) is 9.59 Å². The van der Waals surface area contributed by atoms with Crippen molar-refractivity contribution in [2.45, 2.75) is 32.4 Å². The van der Waals surface area contributed by atoms with Gasteiger partial charge in [-0.3, -0.25) is 4.79 Å². The molecular formula is C20H25N3O3. The first-order valence-electron chi connectivity index (χ1n) is 8.54. The van der Waals surface area contributed by atoms with Crippen molar-refractivity contribution in [3.63, 3.8) is 0 Å². The number of urea groups is 1. The Balaban J connectivity index is 1.81. The van der Waals surface area contributed by atoms with Crippen LogP contribution in [0, 0.1) is 0 Å². The van der Waals surface area contributed by atoms with Gasteiger partial charge in [0, 0.05) is 18.2 Å². The molecule has 6 heteroatoms. The first-order chi connectivity index (χ1) is 12.5. The zero-order valence-electron chi connectivity index (χ0n) is 15.1. The predicted molar refractivity (Wildman–Crippen MR) is 101 cm³/mol. The van der Waals surface area contributed by atoms with E-state index in [1.165, 1.54) is 5.56 Å². The second-order valence-electron chi connectivity index (χ2n) is 6.18. The van der Waals surface area contributed by atoms with Crippen molar-refractivity contribution in [3.8, 4) is 5.75 Å². The maximum atomic E-state index is 12.3. The molecule has 0 radical (unpaired) electrons. The Hall–Kier alpha value is -3.02. The Morgan fingerprint density at radius 2 is 1.65 bits per heavy atom. The van der Waals surface area contributed by atoms with Gasteiger partial charge in [-0.05, 0) is 55.2 Å². The average molecular weight is 355 g/mol. The van der Waals surface area contributed by atoms with Gasteiger partial charge in [0.15, 0.2) is 0 Å². The number of nitrogens with two attached hydrogens (primary N) is 1. The number of hydrogen-bond donors (Lipinski definition) is 3. The van der Waals surface area contributed by atoms with Crippen molar-refractivity contribution < 1.29 is 14.3 Å². The summed E-state index contributed by atoms with van der Waals surface area (Å²) in [5.74, 6) is 0.728. The lowest BCUT2D eigenvalue weighted by atomic mass is 10.1. The zero-order valence-corrected chi connectivity index (χ0v) is 15.1. The molecule has 0 aliphatic rings. The van der Waals surface area contributed by atoms with Gasteiger partial charge in [-0.25, -0.2) is 4.79 Å². The third-order valence-electron chi connectivity index (χ3n) is 4.09. The molecule has 0 saturated carbocycles. The first-order valence-corrected chi connectivity index (χ1v) is 8.54. The Labute approximate surface area is 153 Å². The molecule has 138 valence electrons. The first kappa shape index (κ1) is 19.3. The molecule has 0 heterocycles. The minimum absolute atomic E-state index is 0.0563. The number of carbonyl (C=O) groups excluding carboxylic acids is 2. The summed E-state index contributed by atoms with van der Waals surface area (Å²) in [4.78, 5) is 23.0. The third kappa shape index (κ3) is 6.12. The maximum absolute atomic E-state index is 12.3. The Morgan fingerprint density at radius 3 is 2.23 bits per heavy atom. The van der Waals surface area contributed by atoms with E-state index in [2.05, 4.69) is 10.6 Å². The Bertz CT molecular complexity index is 727. The van der Waals surface area contributed by atoms with Gasteiger partial charge in [0.2, 0.25) is 0 Å². The number of amides is 3. The van der Waals surface area contributed by atoms with E-state index in [4.69, 9.17) is 10.5 Å². The lowest BCUT2D eigenvalue weighted by Crippen LogP contribution is -2.33. The van der Waals surface area contributed by atoms with Crippen LogP contribution < -0.4 is 21.1 Å². The van der Waals surface area contributed by atoms with Gasteiger partial charge in [-0.2, -0.15) is 0 Å². The minimum Gasteiger partial charge on any atom is -0.497 e. The highest BCUT2D eigenvalue weighted by Crippen LogP contribution is 2.13. The van der Waals surface area contributed by atoms with E-state index in [0.717, 1.165) is 24.2 Å². The van der Waals surface area contributed by atoms with Crippen molar-refractivity contribution in [2.24, 2.45) is 5.73 Å². The molecule has 0 spiro atoms. The summed E-state index contributed by atoms with van der Waals surface area (Å²) < 4.78 is 5.15. The SMILES string of the molecule is COc1ccc(CCC(C)NC(=O)c2ccc(CNC(N)=O)cc2)cc1. The number of primary amides is 1. The van der Waals surface area contributed by atoms with Gasteiger partial charge in [0.05, 0.1) is 7.11 Å². The van der Waals surface area contributed by atoms with Gasteiger partial charge < -0.3 is 21.1 Å². The topological polar surface area (TPSA) is 93.4 Å². The fraction of sp³-hybridized carbons (Fsp3) is 0.300. The van der Waals surface area contributed by atoms with Crippen molar-refractivity contribution in [1.82, 2.24) is 10.6 Å². The molecule has 1 atom stereocenters. The van der Waals surface area contributed by atoms with E-state index in [-0.39, 0.29) is 11.9 Å². The van der Waals surface area contributed by atoms with E-state index >= 15 is 0 Å². The molecule has 0 bridgehead atoms. The average Bonchev–Trinajstić information content (AvgIpc) is 2.65. The van der Waals surface area contributed by atoms with Crippen molar-refractivity contribution in [3.05, 3.63) is 65.2 Å². The molecule has 0 aromatic heterocycles. The normalized spacial score (nSPS) is 11.5. The molecule has 4 N–H and O–H groups in total. The molecule has 3 amide bonds. The maximum Gasteiger partial charge on any atom is 0.312 e. The summed E-state index contributed by atoms with van der Waals surface area (Å²) in [5, 5.41) is 5.52. The number of ether oxygens (including phenoxy) is 1. The number of benzene rings is 2. The highest BCUT2D eigenvalue weighted by atomic mass is 16.5. The third-order valence-corrected chi connectivity index (χ3v) is 4.09. The number of aryl methyl sites for hydroxylation is 1. The van der Waals surface area contributed by atoms with E-state index < -0.39 is 6.03 Å². The van der Waals surface area contributed by atoms with Gasteiger partial charge in [-0.15, -0.1) is 0 Å². The van der Waals surface area contributed by atoms with Crippen LogP contribution in [0.5, 0.6) is 5.75 Å². The molecule has 2 rings (SSSR count). The van der Waals surface area contributed by atoms with Crippen LogP contribution in [0.15, 0.2) is 48.5 Å². The number of nitrogens with one attached hydrogen (secondary N) is 2. The summed E-state index contributed by atoms with van der Waals surface area (Å²) >= 11 is 0. The van der Waals surface area contributed by atoms with Crippen LogP contribution >= 0.6 is 0 Å². The van der Waals surface area contributed by atoms with Crippen LogP contribution in [0.2, 0.25) is 0 Å². The van der Waals surface area contributed by atoms with Gasteiger partial charge in [-0.1, -0.05) is 24.3 Å². The number of hydrogen-bond acceptors (Lipinski definition) is 3. The van der Waals surface area contributed by atoms with Crippen LogP contribution in [-0.2, 0) is 13.0 Å². The van der Waals surface area contributed by atoms with Crippen LogP contribution in [-0.4, -0.2) is 25.1 Å². The molecule has 0 fully saturated rings. The quantitative estimate of drug-likeness (QED) is 0.679. The summed E-state index contributed by atoms with van der Waals surface area (Å²) in [6.07, 6.45) is 1.72. The van der Waals surface area contributed by atoms with E-state index in [1.807, 2.05) is 31.2 Å². The standard InChI is InChI=1S/C20H25N3O3/c1-14(3-4-15-7-11-18(26-2)12-8-15)23-19(24)17-9-5-16(6-10-17)13-22-20(21)25/h5-12,14H,3-4,13H2,1-2H3,(H,23,24)(H3,21,22,25). The van der Waals surface area contributed by atoms with Crippen LogP contribution in [0.25, 0.3) is 0 Å². The van der Waals surface area contributed by atoms with Crippen molar-refractivity contribution in [2.75, 3.05) is 7.11 Å². The van der Waals surface area contributed by atoms with Crippen molar-refractivity contribution in [1.29, 1.82) is 0 Å². The Morgan fingerprint density at radius 1 is 1.04 bits per heavy atom. The molecule has 26 heavy (non-hydrogen) atoms. The largest absolute Gasteiger partial charge is 0.497 e. The van der Waals surface area contributed by atoms with Crippen LogP contribution in [0.3, 0.4) is 0 Å². The highest BCUT2D eigenvalue weighted by Gasteiger charge is 2.10. The Kier molecular flexibility index (Phi) is 7.02. The van der Waals surface area contributed by atoms with E-state index in [0.29, 0.717) is 12.1 Å². The molecule has 2 aromatic carbocycles. The molecule has 1 unspecified atom stereocenters. The lowest BCUT2D eigenvalue weighted by Gasteiger charge is -2.14. The van der Waals surface area contributed by atoms with Gasteiger partial charge >= 0.3 is 6.03 Å². The zero-order chi connectivity index (χ0) is 18.9. The summed E-state index contributed by atoms with van der Waals surface area (Å²) in [6, 6.07) is 14.5.